The lowest BCUT2D eigenvalue weighted by molar-refractivity contribution is -0.121. The molecule has 0 spiro atoms. The Labute approximate surface area is 137 Å². The lowest BCUT2D eigenvalue weighted by Crippen LogP contribution is -2.35. The van der Waals surface area contributed by atoms with E-state index in [1.165, 1.54) is 6.07 Å². The van der Waals surface area contributed by atoms with E-state index < -0.39 is 6.04 Å². The van der Waals surface area contributed by atoms with Gasteiger partial charge in [0, 0.05) is 10.7 Å². The van der Waals surface area contributed by atoms with Gasteiger partial charge in [0.15, 0.2) is 0 Å². The van der Waals surface area contributed by atoms with Gasteiger partial charge in [-0.25, -0.2) is 4.90 Å². The van der Waals surface area contributed by atoms with Crippen molar-refractivity contribution in [2.75, 3.05) is 10.2 Å². The van der Waals surface area contributed by atoms with Crippen LogP contribution in [0.15, 0.2) is 48.5 Å². The van der Waals surface area contributed by atoms with Gasteiger partial charge in [-0.15, -0.1) is 0 Å². The Morgan fingerprint density at radius 1 is 1.05 bits per heavy atom. The number of halogens is 2. The van der Waals surface area contributed by atoms with Gasteiger partial charge in [-0.2, -0.15) is 0 Å². The molecule has 1 aliphatic rings. The summed E-state index contributed by atoms with van der Waals surface area (Å²) in [7, 11) is 0. The number of nitrogens with one attached hydrogen (secondary N) is 1. The van der Waals surface area contributed by atoms with Crippen molar-refractivity contribution in [1.82, 2.24) is 0 Å². The van der Waals surface area contributed by atoms with Crippen molar-refractivity contribution in [2.24, 2.45) is 0 Å². The maximum Gasteiger partial charge on any atom is 0.256 e. The average molecular weight is 335 g/mol. The average Bonchev–Trinajstić information content (AvgIpc) is 2.75. The molecule has 0 radical (unpaired) electrons. The van der Waals surface area contributed by atoms with Crippen molar-refractivity contribution in [3.8, 4) is 0 Å². The van der Waals surface area contributed by atoms with Gasteiger partial charge in [-0.05, 0) is 30.3 Å². The second kappa shape index (κ2) is 5.99. The molecular weight excluding hydrogens is 323 g/mol. The molecule has 0 aliphatic carbocycles. The highest BCUT2D eigenvalue weighted by molar-refractivity contribution is 6.38. The Kier molecular flexibility index (Phi) is 4.05. The predicted molar refractivity (Wildman–Crippen MR) is 87.4 cm³/mol. The lowest BCUT2D eigenvalue weighted by Gasteiger charge is -2.17. The molecule has 6 heteroatoms. The topological polar surface area (TPSA) is 49.4 Å². The summed E-state index contributed by atoms with van der Waals surface area (Å²) >= 11 is 11.9. The third kappa shape index (κ3) is 2.80. The Hall–Kier alpha value is -2.04. The minimum atomic E-state index is -0.596. The fraction of sp³-hybridized carbons (Fsp3) is 0.125. The fourth-order valence-electron chi connectivity index (χ4n) is 2.40. The number of carbonyl (C=O) groups excluding carboxylic acids is 2. The van der Waals surface area contributed by atoms with Gasteiger partial charge in [0.25, 0.3) is 5.91 Å². The van der Waals surface area contributed by atoms with Crippen LogP contribution in [-0.4, -0.2) is 17.9 Å². The summed E-state index contributed by atoms with van der Waals surface area (Å²) in [6, 6.07) is 13.4. The number of imide groups is 1. The number of hydrogen-bond donors (Lipinski definition) is 1. The Morgan fingerprint density at radius 3 is 2.45 bits per heavy atom. The van der Waals surface area contributed by atoms with E-state index >= 15 is 0 Å². The van der Waals surface area contributed by atoms with Gasteiger partial charge in [-0.3, -0.25) is 9.59 Å². The van der Waals surface area contributed by atoms with Gasteiger partial charge >= 0.3 is 0 Å². The van der Waals surface area contributed by atoms with Crippen molar-refractivity contribution in [3.05, 3.63) is 58.6 Å². The summed E-state index contributed by atoms with van der Waals surface area (Å²) in [6.45, 7) is 0. The second-order valence-electron chi connectivity index (χ2n) is 4.93. The minimum Gasteiger partial charge on any atom is -0.373 e. The molecule has 1 unspecified atom stereocenters. The Morgan fingerprint density at radius 2 is 1.77 bits per heavy atom. The summed E-state index contributed by atoms with van der Waals surface area (Å²) in [5.41, 5.74) is 1.15. The van der Waals surface area contributed by atoms with Crippen molar-refractivity contribution in [2.45, 2.75) is 12.5 Å². The second-order valence-corrected chi connectivity index (χ2v) is 5.77. The van der Waals surface area contributed by atoms with Gasteiger partial charge in [0.2, 0.25) is 5.91 Å². The van der Waals surface area contributed by atoms with Crippen LogP contribution >= 0.6 is 23.2 Å². The van der Waals surface area contributed by atoms with E-state index in [4.69, 9.17) is 23.2 Å². The molecule has 22 heavy (non-hydrogen) atoms. The molecule has 0 saturated carbocycles. The molecule has 1 heterocycles. The number of hydrogen-bond acceptors (Lipinski definition) is 3. The monoisotopic (exact) mass is 334 g/mol. The number of carbonyl (C=O) groups is 2. The quantitative estimate of drug-likeness (QED) is 0.870. The first kappa shape index (κ1) is 14.9. The Bertz CT molecular complexity index is 734. The van der Waals surface area contributed by atoms with E-state index in [-0.39, 0.29) is 23.3 Å². The van der Waals surface area contributed by atoms with E-state index in [1.54, 1.807) is 12.1 Å². The fourth-order valence-corrected chi connectivity index (χ4v) is 2.89. The molecule has 3 rings (SSSR count). The van der Waals surface area contributed by atoms with Gasteiger partial charge < -0.3 is 5.32 Å². The van der Waals surface area contributed by atoms with E-state index in [0.717, 1.165) is 10.6 Å². The molecular formula is C16H12Cl2N2O2. The highest BCUT2D eigenvalue weighted by Crippen LogP contribution is 2.32. The summed E-state index contributed by atoms with van der Waals surface area (Å²) in [5.74, 6) is -0.610. The highest BCUT2D eigenvalue weighted by atomic mass is 35.5. The van der Waals surface area contributed by atoms with E-state index in [1.807, 2.05) is 30.3 Å². The number of nitrogens with zero attached hydrogens (tertiary/aromatic N) is 1. The number of anilines is 2. The normalized spacial score (nSPS) is 17.9. The maximum absolute atomic E-state index is 12.5. The van der Waals surface area contributed by atoms with Crippen LogP contribution in [0.25, 0.3) is 0 Å². The van der Waals surface area contributed by atoms with E-state index in [9.17, 15) is 9.59 Å². The molecule has 4 nitrogen and oxygen atoms in total. The summed E-state index contributed by atoms with van der Waals surface area (Å²) in [4.78, 5) is 25.8. The molecule has 2 aromatic rings. The first-order valence-corrected chi connectivity index (χ1v) is 7.45. The zero-order valence-electron chi connectivity index (χ0n) is 11.4. The van der Waals surface area contributed by atoms with Crippen molar-refractivity contribution >= 4 is 46.4 Å². The lowest BCUT2D eigenvalue weighted by atomic mass is 10.2. The molecule has 1 saturated heterocycles. The molecule has 1 fully saturated rings. The van der Waals surface area contributed by atoms with Gasteiger partial charge in [0.05, 0.1) is 17.1 Å². The summed E-state index contributed by atoms with van der Waals surface area (Å²) in [5, 5.41) is 3.79. The highest BCUT2D eigenvalue weighted by Gasteiger charge is 2.40. The van der Waals surface area contributed by atoms with Crippen LogP contribution in [0.5, 0.6) is 0 Å². The zero-order chi connectivity index (χ0) is 15.7. The third-order valence-corrected chi connectivity index (χ3v) is 3.95. The van der Waals surface area contributed by atoms with E-state index in [0.29, 0.717) is 10.7 Å². The zero-order valence-corrected chi connectivity index (χ0v) is 12.9. The molecule has 0 aromatic heterocycles. The maximum atomic E-state index is 12.5. The number of benzene rings is 2. The van der Waals surface area contributed by atoms with Crippen LogP contribution in [0.2, 0.25) is 10.0 Å². The molecule has 1 atom stereocenters. The first-order chi connectivity index (χ1) is 10.6. The molecule has 1 N–H and O–H groups in total. The van der Waals surface area contributed by atoms with Gasteiger partial charge in [0.1, 0.15) is 6.04 Å². The van der Waals surface area contributed by atoms with Crippen LogP contribution in [0.3, 0.4) is 0 Å². The van der Waals surface area contributed by atoms with E-state index in [2.05, 4.69) is 5.32 Å². The predicted octanol–water partition coefficient (Wildman–Crippen LogP) is 3.74. The van der Waals surface area contributed by atoms with Crippen molar-refractivity contribution in [1.29, 1.82) is 0 Å². The summed E-state index contributed by atoms with van der Waals surface area (Å²) < 4.78 is 0. The summed E-state index contributed by atoms with van der Waals surface area (Å²) in [6.07, 6.45) is 0.0900. The number of para-hydroxylation sites is 1. The largest absolute Gasteiger partial charge is 0.373 e. The molecule has 1 aliphatic heterocycles. The van der Waals surface area contributed by atoms with Crippen LogP contribution in [-0.2, 0) is 9.59 Å². The Balaban J connectivity index is 1.85. The minimum absolute atomic E-state index is 0.0900. The standard InChI is InChI=1S/C16H12Cl2N2O2/c17-10-6-7-14(12(18)8-10)20-15(21)9-13(16(20)22)19-11-4-2-1-3-5-11/h1-8,13,19H,9H2. The third-order valence-electron chi connectivity index (χ3n) is 3.41. The number of amides is 2. The van der Waals surface area contributed by atoms with Crippen LogP contribution in [0, 0.1) is 0 Å². The SMILES string of the molecule is O=C1CC(Nc2ccccc2)C(=O)N1c1ccc(Cl)cc1Cl. The van der Waals surface area contributed by atoms with Crippen LogP contribution in [0.1, 0.15) is 6.42 Å². The molecule has 112 valence electrons. The molecule has 0 bridgehead atoms. The van der Waals surface area contributed by atoms with Gasteiger partial charge in [-0.1, -0.05) is 41.4 Å². The van der Waals surface area contributed by atoms with Crippen molar-refractivity contribution < 1.29 is 9.59 Å². The molecule has 2 amide bonds. The smallest absolute Gasteiger partial charge is 0.256 e. The van der Waals surface area contributed by atoms with Crippen LogP contribution < -0.4 is 10.2 Å². The molecule has 2 aromatic carbocycles. The number of rotatable bonds is 3. The van der Waals surface area contributed by atoms with Crippen molar-refractivity contribution in [3.63, 3.8) is 0 Å². The van der Waals surface area contributed by atoms with Crippen LogP contribution in [0.4, 0.5) is 11.4 Å². The first-order valence-electron chi connectivity index (χ1n) is 6.69.